The van der Waals surface area contributed by atoms with E-state index in [4.69, 9.17) is 9.47 Å². The maximum absolute atomic E-state index is 5.13. The molecule has 0 aromatic heterocycles. The van der Waals surface area contributed by atoms with E-state index in [1.54, 1.807) is 0 Å². The maximum atomic E-state index is 5.13. The topological polar surface area (TPSA) is 18.5 Å². The predicted octanol–water partition coefficient (Wildman–Crippen LogP) is -1.21. The second-order valence-electron chi connectivity index (χ2n) is 2.07. The van der Waals surface area contributed by atoms with Crippen molar-refractivity contribution in [2.24, 2.45) is 0 Å². The fourth-order valence-electron chi connectivity index (χ4n) is 0.588. The van der Waals surface area contributed by atoms with Crippen molar-refractivity contribution in [3.63, 3.8) is 0 Å². The molecular weight excluding hydrogens is 244 g/mol. The summed E-state index contributed by atoms with van der Waals surface area (Å²) in [4.78, 5) is 0. The Hall–Kier alpha value is 0.906. The van der Waals surface area contributed by atoms with Crippen molar-refractivity contribution in [2.75, 3.05) is 20.0 Å². The van der Waals surface area contributed by atoms with Gasteiger partial charge in [0.05, 0.1) is 6.61 Å². The van der Waals surface area contributed by atoms with E-state index >= 15 is 0 Å². The minimum Gasteiger partial charge on any atom is -1.00 e. The zero-order valence-electron chi connectivity index (χ0n) is 8.30. The summed E-state index contributed by atoms with van der Waals surface area (Å²) in [5, 5.41) is 0. The average molecular weight is 261 g/mol. The van der Waals surface area contributed by atoms with E-state index in [2.05, 4.69) is 13.0 Å². The first-order chi connectivity index (χ1) is 5.41. The molecule has 0 aromatic carbocycles. The maximum Gasteiger partial charge on any atom is 2.00 e. The Morgan fingerprint density at radius 2 is 1.92 bits per heavy atom. The van der Waals surface area contributed by atoms with Crippen molar-refractivity contribution in [2.45, 2.75) is 19.8 Å². The van der Waals surface area contributed by atoms with Gasteiger partial charge in [0, 0.05) is 6.61 Å². The molecular formula is C9H17BrMgO2. The van der Waals surface area contributed by atoms with Gasteiger partial charge in [-0.05, 0) is 13.3 Å². The van der Waals surface area contributed by atoms with Crippen molar-refractivity contribution in [3.05, 3.63) is 19.1 Å². The van der Waals surface area contributed by atoms with E-state index in [9.17, 15) is 0 Å². The first kappa shape index (κ1) is 19.5. The van der Waals surface area contributed by atoms with Crippen LogP contribution in [-0.4, -0.2) is 43.1 Å². The van der Waals surface area contributed by atoms with Crippen molar-refractivity contribution in [3.8, 4) is 0 Å². The molecule has 0 radical (unpaired) electrons. The summed E-state index contributed by atoms with van der Waals surface area (Å²) >= 11 is 0. The zero-order valence-corrected chi connectivity index (χ0v) is 11.3. The first-order valence-corrected chi connectivity index (χ1v) is 4.01. The van der Waals surface area contributed by atoms with Crippen LogP contribution in [0.2, 0.25) is 0 Å². The van der Waals surface area contributed by atoms with Crippen molar-refractivity contribution in [1.82, 2.24) is 0 Å². The normalized spacial score (nSPS) is 9.38. The average Bonchev–Trinajstić information content (AvgIpc) is 2.03. The van der Waals surface area contributed by atoms with E-state index in [-0.39, 0.29) is 40.0 Å². The summed E-state index contributed by atoms with van der Waals surface area (Å²) in [6.07, 6.45) is 5.90. The summed E-state index contributed by atoms with van der Waals surface area (Å²) in [5.74, 6) is 0. The van der Waals surface area contributed by atoms with Gasteiger partial charge >= 0.3 is 23.1 Å². The summed E-state index contributed by atoms with van der Waals surface area (Å²) < 4.78 is 10.1. The first-order valence-electron chi connectivity index (χ1n) is 4.01. The number of rotatable bonds is 7. The van der Waals surface area contributed by atoms with E-state index in [1.165, 1.54) is 0 Å². The van der Waals surface area contributed by atoms with Crippen LogP contribution in [0.15, 0.2) is 12.2 Å². The standard InChI is InChI=1S/C9H17O2.BrH.Mg/c1-3-5-6-7-8-11-9-10-4-2;;/h5-6H,1,3-4,7-9H2,2H3;1H;/q-1;;+2/p-1/b6-5-;;. The summed E-state index contributed by atoms with van der Waals surface area (Å²) in [6.45, 7) is 7.49. The van der Waals surface area contributed by atoms with Gasteiger partial charge in [-0.25, -0.2) is 0 Å². The molecule has 0 N–H and O–H groups in total. The number of hydrogen-bond donors (Lipinski definition) is 0. The quantitative estimate of drug-likeness (QED) is 0.188. The minimum absolute atomic E-state index is 0. The van der Waals surface area contributed by atoms with Crippen LogP contribution in [0, 0.1) is 6.92 Å². The SMILES string of the molecule is [Br-].[CH2-]C/C=C\CCOCOCC.[Mg+2]. The Labute approximate surface area is 108 Å². The van der Waals surface area contributed by atoms with Crippen LogP contribution < -0.4 is 17.0 Å². The third-order valence-corrected chi connectivity index (χ3v) is 1.13. The van der Waals surface area contributed by atoms with Gasteiger partial charge in [-0.2, -0.15) is 6.42 Å². The van der Waals surface area contributed by atoms with Crippen LogP contribution in [0.3, 0.4) is 0 Å². The largest absolute Gasteiger partial charge is 2.00 e. The fraction of sp³-hybridized carbons (Fsp3) is 0.667. The van der Waals surface area contributed by atoms with E-state index in [1.807, 2.05) is 13.0 Å². The van der Waals surface area contributed by atoms with Crippen LogP contribution in [0.25, 0.3) is 0 Å². The molecule has 0 aliphatic rings. The monoisotopic (exact) mass is 260 g/mol. The molecule has 0 aromatic rings. The van der Waals surface area contributed by atoms with Gasteiger partial charge in [0.2, 0.25) is 0 Å². The molecule has 0 saturated heterocycles. The number of halogens is 1. The van der Waals surface area contributed by atoms with Gasteiger partial charge in [-0.15, -0.1) is 6.08 Å². The van der Waals surface area contributed by atoms with Crippen molar-refractivity contribution >= 4 is 23.1 Å². The molecule has 0 atom stereocenters. The van der Waals surface area contributed by atoms with Gasteiger partial charge in [0.15, 0.2) is 0 Å². The Kier molecular flexibility index (Phi) is 27.9. The molecule has 74 valence electrons. The molecule has 0 unspecified atom stereocenters. The van der Waals surface area contributed by atoms with E-state index in [0.29, 0.717) is 13.4 Å². The fourth-order valence-corrected chi connectivity index (χ4v) is 0.588. The van der Waals surface area contributed by atoms with Gasteiger partial charge in [-0.1, -0.05) is 6.08 Å². The van der Waals surface area contributed by atoms with Crippen molar-refractivity contribution < 1.29 is 26.5 Å². The van der Waals surface area contributed by atoms with Crippen LogP contribution in [0.1, 0.15) is 19.8 Å². The van der Waals surface area contributed by atoms with Crippen LogP contribution in [0.4, 0.5) is 0 Å². The molecule has 2 nitrogen and oxygen atoms in total. The summed E-state index contributed by atoms with van der Waals surface area (Å²) in [5.41, 5.74) is 0. The van der Waals surface area contributed by atoms with Crippen molar-refractivity contribution in [1.29, 1.82) is 0 Å². The number of allylic oxidation sites excluding steroid dienone is 1. The Morgan fingerprint density at radius 3 is 2.46 bits per heavy atom. The Bertz CT molecular complexity index is 99.6. The van der Waals surface area contributed by atoms with E-state index in [0.717, 1.165) is 19.4 Å². The predicted molar refractivity (Wildman–Crippen MR) is 51.9 cm³/mol. The molecule has 0 fully saturated rings. The molecule has 0 saturated carbocycles. The second kappa shape index (κ2) is 18.6. The zero-order chi connectivity index (χ0) is 8.36. The number of ether oxygens (including phenoxy) is 2. The van der Waals surface area contributed by atoms with Crippen LogP contribution >= 0.6 is 0 Å². The van der Waals surface area contributed by atoms with Gasteiger partial charge < -0.3 is 33.4 Å². The molecule has 0 amide bonds. The van der Waals surface area contributed by atoms with E-state index < -0.39 is 0 Å². The van der Waals surface area contributed by atoms with Crippen LogP contribution in [-0.2, 0) is 9.47 Å². The third kappa shape index (κ3) is 19.4. The third-order valence-electron chi connectivity index (χ3n) is 1.13. The summed E-state index contributed by atoms with van der Waals surface area (Å²) in [6, 6.07) is 0. The molecule has 0 heterocycles. The Morgan fingerprint density at radius 1 is 1.23 bits per heavy atom. The molecule has 0 aliphatic heterocycles. The summed E-state index contributed by atoms with van der Waals surface area (Å²) in [7, 11) is 0. The molecule has 13 heavy (non-hydrogen) atoms. The van der Waals surface area contributed by atoms with Gasteiger partial charge in [0.25, 0.3) is 0 Å². The van der Waals surface area contributed by atoms with Gasteiger partial charge in [0.1, 0.15) is 6.79 Å². The minimum atomic E-state index is 0. The molecule has 0 rings (SSSR count). The molecule has 0 bridgehead atoms. The smallest absolute Gasteiger partial charge is 1.00 e. The molecule has 0 spiro atoms. The number of hydrogen-bond acceptors (Lipinski definition) is 2. The van der Waals surface area contributed by atoms with Crippen LogP contribution in [0.5, 0.6) is 0 Å². The second-order valence-corrected chi connectivity index (χ2v) is 2.07. The molecule has 4 heteroatoms. The Balaban J connectivity index is -0.000000500. The molecule has 0 aliphatic carbocycles. The van der Waals surface area contributed by atoms with Gasteiger partial charge in [-0.3, -0.25) is 0 Å².